The lowest BCUT2D eigenvalue weighted by Crippen LogP contribution is -2.32. The van der Waals surface area contributed by atoms with Crippen LogP contribution in [0.15, 0.2) is 12.4 Å². The minimum absolute atomic E-state index is 0.117. The smallest absolute Gasteiger partial charge is 0.128 e. The molecule has 1 heterocycles. The van der Waals surface area contributed by atoms with Crippen molar-refractivity contribution in [1.29, 1.82) is 0 Å². The quantitative estimate of drug-likeness (QED) is 0.786. The lowest BCUT2D eigenvalue weighted by Gasteiger charge is -2.25. The molecule has 0 aromatic carbocycles. The third kappa shape index (κ3) is 5.74. The molecule has 1 rings (SSSR count). The summed E-state index contributed by atoms with van der Waals surface area (Å²) in [5.41, 5.74) is -0.117. The van der Waals surface area contributed by atoms with Crippen LogP contribution >= 0.6 is 0 Å². The molecule has 0 aliphatic heterocycles. The Morgan fingerprint density at radius 1 is 1.32 bits per heavy atom. The molecule has 1 N–H and O–H groups in total. The first-order valence-electron chi connectivity index (χ1n) is 7.36. The van der Waals surface area contributed by atoms with Crippen molar-refractivity contribution in [2.24, 2.45) is 0 Å². The van der Waals surface area contributed by atoms with E-state index in [1.165, 1.54) is 0 Å². The highest BCUT2D eigenvalue weighted by Gasteiger charge is 2.20. The summed E-state index contributed by atoms with van der Waals surface area (Å²) in [5, 5.41) is 3.53. The van der Waals surface area contributed by atoms with E-state index in [0.717, 1.165) is 31.8 Å². The zero-order valence-corrected chi connectivity index (χ0v) is 13.1. The SMILES string of the molecule is CCCNC(COC(C)(C)C)c1nccn1CCC. The Morgan fingerprint density at radius 2 is 2.05 bits per heavy atom. The second-order valence-electron chi connectivity index (χ2n) is 5.91. The van der Waals surface area contributed by atoms with Crippen LogP contribution in [0.3, 0.4) is 0 Å². The number of hydrogen-bond donors (Lipinski definition) is 1. The maximum atomic E-state index is 5.93. The van der Waals surface area contributed by atoms with Crippen molar-refractivity contribution in [2.45, 2.75) is 65.6 Å². The maximum absolute atomic E-state index is 5.93. The van der Waals surface area contributed by atoms with Gasteiger partial charge >= 0.3 is 0 Å². The Balaban J connectivity index is 2.74. The van der Waals surface area contributed by atoms with Gasteiger partial charge in [0.1, 0.15) is 5.82 Å². The molecule has 4 heteroatoms. The molecule has 0 saturated carbocycles. The van der Waals surface area contributed by atoms with Crippen LogP contribution in [0, 0.1) is 0 Å². The van der Waals surface area contributed by atoms with Crippen molar-refractivity contribution in [3.05, 3.63) is 18.2 Å². The molecule has 0 saturated heterocycles. The van der Waals surface area contributed by atoms with E-state index in [1.807, 2.05) is 6.20 Å². The van der Waals surface area contributed by atoms with E-state index in [4.69, 9.17) is 4.74 Å². The number of nitrogens with zero attached hydrogens (tertiary/aromatic N) is 2. The van der Waals surface area contributed by atoms with E-state index in [1.54, 1.807) is 0 Å². The van der Waals surface area contributed by atoms with E-state index in [2.05, 4.69) is 55.7 Å². The van der Waals surface area contributed by atoms with Gasteiger partial charge in [0.15, 0.2) is 0 Å². The second-order valence-corrected chi connectivity index (χ2v) is 5.91. The fourth-order valence-electron chi connectivity index (χ4n) is 1.94. The highest BCUT2D eigenvalue weighted by Crippen LogP contribution is 2.16. The second kappa shape index (κ2) is 7.65. The topological polar surface area (TPSA) is 39.1 Å². The Kier molecular flexibility index (Phi) is 6.52. The molecule has 0 radical (unpaired) electrons. The predicted octanol–water partition coefficient (Wildman–Crippen LogP) is 3.15. The van der Waals surface area contributed by atoms with E-state index < -0.39 is 0 Å². The minimum Gasteiger partial charge on any atom is -0.374 e. The van der Waals surface area contributed by atoms with Gasteiger partial charge in [-0.3, -0.25) is 0 Å². The molecule has 1 aromatic heterocycles. The van der Waals surface area contributed by atoms with Crippen LogP contribution in [0.25, 0.3) is 0 Å². The number of aryl methyl sites for hydroxylation is 1. The normalized spacial score (nSPS) is 13.7. The van der Waals surface area contributed by atoms with Gasteiger partial charge in [-0.05, 0) is 40.2 Å². The van der Waals surface area contributed by atoms with Gasteiger partial charge in [0.25, 0.3) is 0 Å². The van der Waals surface area contributed by atoms with Gasteiger partial charge in [-0.25, -0.2) is 4.98 Å². The van der Waals surface area contributed by atoms with Gasteiger partial charge in [0.05, 0.1) is 18.2 Å². The molecule has 19 heavy (non-hydrogen) atoms. The van der Waals surface area contributed by atoms with Crippen LogP contribution in [-0.4, -0.2) is 28.3 Å². The summed E-state index contributed by atoms with van der Waals surface area (Å²) in [6.07, 6.45) is 6.16. The zero-order valence-electron chi connectivity index (χ0n) is 13.1. The summed E-state index contributed by atoms with van der Waals surface area (Å²) < 4.78 is 8.15. The molecule has 1 unspecified atom stereocenters. The fourth-order valence-corrected chi connectivity index (χ4v) is 1.94. The van der Waals surface area contributed by atoms with Gasteiger partial charge in [-0.2, -0.15) is 0 Å². The average Bonchev–Trinajstić information content (AvgIpc) is 2.77. The molecular weight excluding hydrogens is 238 g/mol. The number of nitrogens with one attached hydrogen (secondary N) is 1. The molecule has 0 amide bonds. The number of imidazole rings is 1. The van der Waals surface area contributed by atoms with Crippen LogP contribution in [-0.2, 0) is 11.3 Å². The zero-order chi connectivity index (χ0) is 14.3. The number of ether oxygens (including phenoxy) is 1. The van der Waals surface area contributed by atoms with Gasteiger partial charge in [-0.15, -0.1) is 0 Å². The van der Waals surface area contributed by atoms with Gasteiger partial charge in [-0.1, -0.05) is 13.8 Å². The van der Waals surface area contributed by atoms with E-state index in [9.17, 15) is 0 Å². The summed E-state index contributed by atoms with van der Waals surface area (Å²) >= 11 is 0. The molecule has 1 atom stereocenters. The number of hydrogen-bond acceptors (Lipinski definition) is 3. The lowest BCUT2D eigenvalue weighted by molar-refractivity contribution is -0.0162. The third-order valence-electron chi connectivity index (χ3n) is 2.85. The summed E-state index contributed by atoms with van der Waals surface area (Å²) in [7, 11) is 0. The molecule has 0 aliphatic carbocycles. The summed E-state index contributed by atoms with van der Waals surface area (Å²) in [6, 6.07) is 0.167. The largest absolute Gasteiger partial charge is 0.374 e. The number of aromatic nitrogens is 2. The summed E-state index contributed by atoms with van der Waals surface area (Å²) in [4.78, 5) is 4.51. The fraction of sp³-hybridized carbons (Fsp3) is 0.800. The monoisotopic (exact) mass is 267 g/mol. The van der Waals surface area contributed by atoms with Crippen molar-refractivity contribution in [1.82, 2.24) is 14.9 Å². The van der Waals surface area contributed by atoms with Crippen LogP contribution in [0.4, 0.5) is 0 Å². The van der Waals surface area contributed by atoms with Crippen LogP contribution in [0.2, 0.25) is 0 Å². The third-order valence-corrected chi connectivity index (χ3v) is 2.85. The Morgan fingerprint density at radius 3 is 2.63 bits per heavy atom. The van der Waals surface area contributed by atoms with E-state index in [-0.39, 0.29) is 11.6 Å². The molecule has 1 aromatic rings. The highest BCUT2D eigenvalue weighted by atomic mass is 16.5. The molecule has 0 spiro atoms. The van der Waals surface area contributed by atoms with Gasteiger partial charge in [0.2, 0.25) is 0 Å². The Hall–Kier alpha value is -0.870. The standard InChI is InChI=1S/C15H29N3O/c1-6-8-16-13(12-19-15(3,4)5)14-17-9-11-18(14)10-7-2/h9,11,13,16H,6-8,10,12H2,1-5H3. The summed E-state index contributed by atoms with van der Waals surface area (Å²) in [5.74, 6) is 1.08. The first-order chi connectivity index (χ1) is 8.98. The Labute approximate surface area is 117 Å². The van der Waals surface area contributed by atoms with Crippen LogP contribution in [0.5, 0.6) is 0 Å². The van der Waals surface area contributed by atoms with Crippen molar-refractivity contribution in [2.75, 3.05) is 13.2 Å². The Bertz CT molecular complexity index is 355. The molecular formula is C15H29N3O. The van der Waals surface area contributed by atoms with Crippen molar-refractivity contribution < 1.29 is 4.74 Å². The lowest BCUT2D eigenvalue weighted by atomic mass is 10.2. The van der Waals surface area contributed by atoms with Crippen molar-refractivity contribution in [3.8, 4) is 0 Å². The van der Waals surface area contributed by atoms with Gasteiger partial charge < -0.3 is 14.6 Å². The van der Waals surface area contributed by atoms with Crippen LogP contribution in [0.1, 0.15) is 59.3 Å². The van der Waals surface area contributed by atoms with Crippen molar-refractivity contribution in [3.63, 3.8) is 0 Å². The molecule has 4 nitrogen and oxygen atoms in total. The molecule has 0 bridgehead atoms. The number of rotatable bonds is 8. The minimum atomic E-state index is -0.117. The van der Waals surface area contributed by atoms with E-state index >= 15 is 0 Å². The highest BCUT2D eigenvalue weighted by molar-refractivity contribution is 5.00. The van der Waals surface area contributed by atoms with Crippen LogP contribution < -0.4 is 5.32 Å². The maximum Gasteiger partial charge on any atom is 0.128 e. The molecule has 0 fully saturated rings. The molecule has 0 aliphatic rings. The first-order valence-corrected chi connectivity index (χ1v) is 7.36. The van der Waals surface area contributed by atoms with Gasteiger partial charge in [0, 0.05) is 18.9 Å². The predicted molar refractivity (Wildman–Crippen MR) is 79.3 cm³/mol. The first kappa shape index (κ1) is 16.2. The van der Waals surface area contributed by atoms with E-state index in [0.29, 0.717) is 6.61 Å². The molecule has 110 valence electrons. The average molecular weight is 267 g/mol. The van der Waals surface area contributed by atoms with Crippen molar-refractivity contribution >= 4 is 0 Å². The summed E-state index contributed by atoms with van der Waals surface area (Å²) in [6.45, 7) is 13.3.